The maximum atomic E-state index is 11.7. The Kier molecular flexibility index (Phi) is 5.25. The predicted octanol–water partition coefficient (Wildman–Crippen LogP) is 5.66. The van der Waals surface area contributed by atoms with E-state index in [2.05, 4.69) is 34.6 Å². The molecule has 0 aromatic rings. The van der Waals surface area contributed by atoms with Gasteiger partial charge in [-0.05, 0) is 97.2 Å². The predicted molar refractivity (Wildman–Crippen MR) is 111 cm³/mol. The van der Waals surface area contributed by atoms with Crippen molar-refractivity contribution >= 4 is 0 Å². The fourth-order valence-electron chi connectivity index (χ4n) is 9.22. The third-order valence-electron chi connectivity index (χ3n) is 10.8. The lowest BCUT2D eigenvalue weighted by Crippen LogP contribution is -2.62. The highest BCUT2D eigenvalue weighted by Crippen LogP contribution is 2.69. The van der Waals surface area contributed by atoms with Crippen LogP contribution in [0.5, 0.6) is 0 Å². The van der Waals surface area contributed by atoms with Gasteiger partial charge in [0.2, 0.25) is 0 Å². The van der Waals surface area contributed by atoms with E-state index in [0.717, 1.165) is 31.1 Å². The second-order valence-electron chi connectivity index (χ2n) is 11.5. The van der Waals surface area contributed by atoms with E-state index < -0.39 is 0 Å². The van der Waals surface area contributed by atoms with Crippen LogP contribution in [0.2, 0.25) is 0 Å². The lowest BCUT2D eigenvalue weighted by atomic mass is 9.41. The average Bonchev–Trinajstić information content (AvgIpc) is 3.00. The molecule has 156 valence electrons. The van der Waals surface area contributed by atoms with Gasteiger partial charge in [0.25, 0.3) is 0 Å². The minimum Gasteiger partial charge on any atom is -0.393 e. The quantitative estimate of drug-likeness (QED) is 0.667. The first-order valence-electron chi connectivity index (χ1n) is 12.1. The SMILES string of the molecule is CC[C@H]1[C@@H](O)C2C3CC[C@H]([C@H](C)CC)[C@@]3(C)CCC2[C@@]2(C)CC[C@H](O)C[C@@H]12. The Balaban J connectivity index is 1.69. The summed E-state index contributed by atoms with van der Waals surface area (Å²) in [4.78, 5) is 0. The van der Waals surface area contributed by atoms with Crippen LogP contribution >= 0.6 is 0 Å². The van der Waals surface area contributed by atoms with Crippen molar-refractivity contribution in [2.45, 2.75) is 105 Å². The summed E-state index contributed by atoms with van der Waals surface area (Å²) < 4.78 is 0. The zero-order valence-corrected chi connectivity index (χ0v) is 18.5. The van der Waals surface area contributed by atoms with Gasteiger partial charge in [0.05, 0.1) is 12.2 Å². The number of rotatable bonds is 3. The Hall–Kier alpha value is -0.0800. The zero-order chi connectivity index (χ0) is 19.6. The summed E-state index contributed by atoms with van der Waals surface area (Å²) in [7, 11) is 0. The molecule has 0 aromatic heterocycles. The standard InChI is InChI=1S/C25H44O2/c1-6-15(3)18-8-9-19-22-20(11-13-24(18,19)4)25(5)12-10-16(26)14-21(25)17(7-2)23(22)27/h15-23,26-27H,6-14H2,1-5H3/t15-,16+,17-,18-,19?,20?,21+,22?,23-,24-,25-/m1/s1. The molecule has 4 rings (SSSR count). The summed E-state index contributed by atoms with van der Waals surface area (Å²) in [5, 5.41) is 22.1. The minimum absolute atomic E-state index is 0.143. The van der Waals surface area contributed by atoms with Crippen molar-refractivity contribution in [3.8, 4) is 0 Å². The first kappa shape index (κ1) is 20.2. The molecule has 2 heteroatoms. The van der Waals surface area contributed by atoms with Gasteiger partial charge in [0.1, 0.15) is 0 Å². The smallest absolute Gasteiger partial charge is 0.0605 e. The molecule has 2 N–H and O–H groups in total. The normalized spacial score (nSPS) is 56.1. The molecule has 0 radical (unpaired) electrons. The van der Waals surface area contributed by atoms with Gasteiger partial charge in [-0.1, -0.05) is 47.5 Å². The van der Waals surface area contributed by atoms with Gasteiger partial charge in [0.15, 0.2) is 0 Å². The molecule has 0 spiro atoms. The molecule has 0 saturated heterocycles. The summed E-state index contributed by atoms with van der Waals surface area (Å²) in [5.74, 6) is 4.44. The van der Waals surface area contributed by atoms with E-state index in [4.69, 9.17) is 0 Å². The second kappa shape index (κ2) is 7.01. The number of hydrogen-bond acceptors (Lipinski definition) is 2. The Morgan fingerprint density at radius 1 is 0.889 bits per heavy atom. The van der Waals surface area contributed by atoms with Crippen LogP contribution in [0.4, 0.5) is 0 Å². The topological polar surface area (TPSA) is 40.5 Å². The molecular weight excluding hydrogens is 332 g/mol. The van der Waals surface area contributed by atoms with Crippen LogP contribution < -0.4 is 0 Å². The van der Waals surface area contributed by atoms with Gasteiger partial charge in [0, 0.05) is 0 Å². The number of hydrogen-bond donors (Lipinski definition) is 2. The summed E-state index contributed by atoms with van der Waals surface area (Å²) in [5.41, 5.74) is 0.771. The monoisotopic (exact) mass is 376 g/mol. The zero-order valence-electron chi connectivity index (χ0n) is 18.5. The van der Waals surface area contributed by atoms with E-state index in [1.165, 1.54) is 38.5 Å². The van der Waals surface area contributed by atoms with E-state index in [-0.39, 0.29) is 12.2 Å². The van der Waals surface area contributed by atoms with Crippen molar-refractivity contribution in [1.29, 1.82) is 0 Å². The van der Waals surface area contributed by atoms with Gasteiger partial charge < -0.3 is 10.2 Å². The molecule has 3 unspecified atom stereocenters. The van der Waals surface area contributed by atoms with Gasteiger partial charge in [-0.25, -0.2) is 0 Å². The molecule has 0 amide bonds. The Bertz CT molecular complexity index is 546. The van der Waals surface area contributed by atoms with Crippen molar-refractivity contribution in [3.63, 3.8) is 0 Å². The highest BCUT2D eigenvalue weighted by molar-refractivity contribution is 5.13. The van der Waals surface area contributed by atoms with Crippen LogP contribution in [0.1, 0.15) is 92.4 Å². The molecule has 4 aliphatic rings. The first-order chi connectivity index (χ1) is 12.8. The molecular formula is C25H44O2. The lowest BCUT2D eigenvalue weighted by molar-refractivity contribution is -0.203. The highest BCUT2D eigenvalue weighted by atomic mass is 16.3. The molecule has 4 saturated carbocycles. The Labute approximate surface area is 167 Å². The second-order valence-corrected chi connectivity index (χ2v) is 11.5. The van der Waals surface area contributed by atoms with Gasteiger partial charge in [-0.3, -0.25) is 0 Å². The van der Waals surface area contributed by atoms with Crippen LogP contribution in [0.3, 0.4) is 0 Å². The summed E-state index contributed by atoms with van der Waals surface area (Å²) >= 11 is 0. The maximum Gasteiger partial charge on any atom is 0.0605 e. The minimum atomic E-state index is -0.149. The van der Waals surface area contributed by atoms with E-state index in [9.17, 15) is 10.2 Å². The van der Waals surface area contributed by atoms with Crippen LogP contribution in [0.15, 0.2) is 0 Å². The average molecular weight is 377 g/mol. The maximum absolute atomic E-state index is 11.7. The molecule has 11 atom stereocenters. The molecule has 4 aliphatic carbocycles. The van der Waals surface area contributed by atoms with E-state index in [1.54, 1.807) is 0 Å². The largest absolute Gasteiger partial charge is 0.393 e. The Morgan fingerprint density at radius 3 is 2.22 bits per heavy atom. The van der Waals surface area contributed by atoms with Crippen molar-refractivity contribution < 1.29 is 10.2 Å². The van der Waals surface area contributed by atoms with Gasteiger partial charge >= 0.3 is 0 Å². The molecule has 2 nitrogen and oxygen atoms in total. The van der Waals surface area contributed by atoms with Crippen LogP contribution in [-0.2, 0) is 0 Å². The molecule has 0 bridgehead atoms. The lowest BCUT2D eigenvalue weighted by Gasteiger charge is -2.64. The number of aliphatic hydroxyl groups is 2. The van der Waals surface area contributed by atoms with Crippen molar-refractivity contribution in [2.24, 2.45) is 52.3 Å². The fourth-order valence-corrected chi connectivity index (χ4v) is 9.22. The summed E-state index contributed by atoms with van der Waals surface area (Å²) in [6.07, 6.45) is 10.5. The van der Waals surface area contributed by atoms with E-state index in [0.29, 0.717) is 40.4 Å². The molecule has 0 aliphatic heterocycles. The van der Waals surface area contributed by atoms with Gasteiger partial charge in [-0.2, -0.15) is 0 Å². The Morgan fingerprint density at radius 2 is 1.56 bits per heavy atom. The number of fused-ring (bicyclic) bond motifs is 5. The van der Waals surface area contributed by atoms with Gasteiger partial charge in [-0.15, -0.1) is 0 Å². The van der Waals surface area contributed by atoms with Crippen molar-refractivity contribution in [2.75, 3.05) is 0 Å². The van der Waals surface area contributed by atoms with E-state index in [1.807, 2.05) is 0 Å². The van der Waals surface area contributed by atoms with Crippen molar-refractivity contribution in [3.05, 3.63) is 0 Å². The highest BCUT2D eigenvalue weighted by Gasteiger charge is 2.64. The van der Waals surface area contributed by atoms with Crippen molar-refractivity contribution in [1.82, 2.24) is 0 Å². The first-order valence-corrected chi connectivity index (χ1v) is 12.1. The van der Waals surface area contributed by atoms with Crippen LogP contribution in [0, 0.1) is 52.3 Å². The molecule has 4 fully saturated rings. The molecule has 0 aromatic carbocycles. The fraction of sp³-hybridized carbons (Fsp3) is 1.00. The van der Waals surface area contributed by atoms with Crippen LogP contribution in [-0.4, -0.2) is 22.4 Å². The summed E-state index contributed by atoms with van der Waals surface area (Å²) in [6.45, 7) is 12.2. The molecule has 0 heterocycles. The summed E-state index contributed by atoms with van der Waals surface area (Å²) in [6, 6.07) is 0. The number of aliphatic hydroxyl groups excluding tert-OH is 2. The molecule has 27 heavy (non-hydrogen) atoms. The van der Waals surface area contributed by atoms with E-state index >= 15 is 0 Å². The van der Waals surface area contributed by atoms with Crippen LogP contribution in [0.25, 0.3) is 0 Å². The third-order valence-corrected chi connectivity index (χ3v) is 10.8. The third kappa shape index (κ3) is 2.79.